The molecule has 0 spiro atoms. The lowest BCUT2D eigenvalue weighted by Crippen LogP contribution is -2.39. The number of hydrogen-bond donors (Lipinski definition) is 2. The van der Waals surface area contributed by atoms with E-state index in [1.54, 1.807) is 63.2 Å². The second-order valence-electron chi connectivity index (χ2n) is 9.59. The molecule has 3 aromatic rings. The maximum Gasteiger partial charge on any atom is 0.327 e. The first kappa shape index (κ1) is 29.6. The molecule has 4 rings (SSSR count). The molecule has 0 amide bonds. The van der Waals surface area contributed by atoms with E-state index < -0.39 is 57.5 Å². The van der Waals surface area contributed by atoms with Crippen LogP contribution in [-0.2, 0) is 23.4 Å². The highest BCUT2D eigenvalue weighted by Gasteiger charge is 2.46. The molecular formula is C24H33FN7O7P. The number of benzene rings is 1. The zero-order valence-electron chi connectivity index (χ0n) is 22.7. The minimum atomic E-state index is -3.27. The van der Waals surface area contributed by atoms with Crippen molar-refractivity contribution in [3.8, 4) is 5.75 Å². The monoisotopic (exact) mass is 581 g/mol. The van der Waals surface area contributed by atoms with Crippen LogP contribution in [0.4, 0.5) is 16.2 Å². The number of esters is 1. The molecule has 3 heterocycles. The summed E-state index contributed by atoms with van der Waals surface area (Å²) in [5.74, 6) is 0.00518. The number of nitrogens with zero attached hydrogens (tertiary/aromatic N) is 6. The number of imidazole rings is 1. The van der Waals surface area contributed by atoms with Crippen LogP contribution in [-0.4, -0.2) is 86.7 Å². The Morgan fingerprint density at radius 2 is 1.95 bits per heavy atom. The van der Waals surface area contributed by atoms with Gasteiger partial charge in [0.2, 0.25) is 5.95 Å². The number of fused-ring (bicyclic) bond motifs is 1. The van der Waals surface area contributed by atoms with Crippen molar-refractivity contribution in [3.05, 3.63) is 36.7 Å². The molecule has 218 valence electrons. The van der Waals surface area contributed by atoms with Gasteiger partial charge >= 0.3 is 5.97 Å². The Bertz CT molecular complexity index is 1350. The average molecular weight is 582 g/mol. The van der Waals surface area contributed by atoms with Crippen LogP contribution in [0, 0.1) is 0 Å². The molecule has 0 aliphatic carbocycles. The van der Waals surface area contributed by atoms with Gasteiger partial charge in [0.05, 0.1) is 19.0 Å². The normalized spacial score (nSPS) is 22.5. The minimum absolute atomic E-state index is 0.0472. The summed E-state index contributed by atoms with van der Waals surface area (Å²) < 4.78 is 46.3. The number of aliphatic hydroxyl groups is 1. The van der Waals surface area contributed by atoms with E-state index >= 15 is 4.39 Å². The molecule has 0 bridgehead atoms. The van der Waals surface area contributed by atoms with Gasteiger partial charge in [0.25, 0.3) is 8.18 Å². The van der Waals surface area contributed by atoms with Gasteiger partial charge in [-0.15, -0.1) is 0 Å². The first-order chi connectivity index (χ1) is 19.0. The summed E-state index contributed by atoms with van der Waals surface area (Å²) in [6.07, 6.45) is -5.15. The number of carbonyl (C=O) groups is 1. The predicted molar refractivity (Wildman–Crippen MR) is 143 cm³/mol. The third-order valence-electron chi connectivity index (χ3n) is 5.95. The number of halogens is 1. The number of nitrogens with two attached hydrogens (primary N) is 1. The van der Waals surface area contributed by atoms with Gasteiger partial charge in [0, 0.05) is 14.1 Å². The number of anilines is 2. The van der Waals surface area contributed by atoms with Gasteiger partial charge in [-0.2, -0.15) is 9.97 Å². The van der Waals surface area contributed by atoms with Gasteiger partial charge in [0.1, 0.15) is 24.0 Å². The van der Waals surface area contributed by atoms with Crippen LogP contribution < -0.4 is 15.5 Å². The van der Waals surface area contributed by atoms with Crippen molar-refractivity contribution in [2.75, 3.05) is 31.3 Å². The molecule has 3 N–H and O–H groups in total. The molecule has 16 heteroatoms. The van der Waals surface area contributed by atoms with Gasteiger partial charge < -0.3 is 34.6 Å². The van der Waals surface area contributed by atoms with Gasteiger partial charge in [0.15, 0.2) is 29.4 Å². The molecule has 1 fully saturated rings. The number of aromatic nitrogens is 4. The summed E-state index contributed by atoms with van der Waals surface area (Å²) in [6, 6.07) is 7.27. The van der Waals surface area contributed by atoms with E-state index in [-0.39, 0.29) is 11.6 Å². The molecule has 1 unspecified atom stereocenters. The van der Waals surface area contributed by atoms with E-state index in [1.165, 1.54) is 17.8 Å². The first-order valence-electron chi connectivity index (χ1n) is 12.5. The smallest absolute Gasteiger partial charge is 0.327 e. The van der Waals surface area contributed by atoms with Crippen molar-refractivity contribution in [1.82, 2.24) is 24.4 Å². The van der Waals surface area contributed by atoms with Gasteiger partial charge in [-0.05, 0) is 32.9 Å². The summed E-state index contributed by atoms with van der Waals surface area (Å²) in [5, 5.41) is 10.6. The van der Waals surface area contributed by atoms with Gasteiger partial charge in [-0.25, -0.2) is 9.37 Å². The quantitative estimate of drug-likeness (QED) is 0.192. The highest BCUT2D eigenvalue weighted by atomic mass is 31.1. The summed E-state index contributed by atoms with van der Waals surface area (Å²) in [4.78, 5) is 33.4. The fourth-order valence-electron chi connectivity index (χ4n) is 3.99. The van der Waals surface area contributed by atoms with Crippen LogP contribution in [0.25, 0.3) is 11.2 Å². The van der Waals surface area contributed by atoms with Crippen molar-refractivity contribution in [3.63, 3.8) is 0 Å². The molecule has 40 heavy (non-hydrogen) atoms. The van der Waals surface area contributed by atoms with E-state index in [0.29, 0.717) is 17.1 Å². The number of para-hydroxylation sites is 1. The highest BCUT2D eigenvalue weighted by molar-refractivity contribution is 7.36. The number of aliphatic hydroxyl groups excluding tert-OH is 1. The van der Waals surface area contributed by atoms with Crippen LogP contribution >= 0.6 is 8.18 Å². The van der Waals surface area contributed by atoms with Crippen molar-refractivity contribution in [1.29, 1.82) is 0 Å². The Labute approximate surface area is 230 Å². The Kier molecular flexibility index (Phi) is 9.21. The fourth-order valence-corrected chi connectivity index (χ4v) is 5.03. The summed E-state index contributed by atoms with van der Waals surface area (Å²) >= 11 is 0. The Balaban J connectivity index is 1.50. The summed E-state index contributed by atoms with van der Waals surface area (Å²) in [7, 11) is 0.223. The van der Waals surface area contributed by atoms with Crippen LogP contribution in [0.3, 0.4) is 0 Å². The standard InChI is InChI=1S/C24H33FN7O7P/c1-13(2)37-23(34)14(3)32(39-15-9-7-6-8-10-15)40(35)36-11-16-19(33)17(25)22(38-16)31-12-27-18-20(30(4)5)28-24(26)29-21(18)31/h6-10,12-14,16-17,19,22,33,40H,11H2,1-5H3,(H2,26,28,29)/t14-,16+,17+,19+,22+/m0/s1. The Morgan fingerprint density at radius 1 is 1.25 bits per heavy atom. The summed E-state index contributed by atoms with van der Waals surface area (Å²) in [5.41, 5.74) is 6.42. The second-order valence-corrected chi connectivity index (χ2v) is 10.9. The SMILES string of the molecule is CC(C)OC(=O)[C@H](C)N(Oc1ccccc1)[PH](=O)OC[C@H]1O[C@@H](n2cnc3c(N(C)C)nc(N)nc32)[C@H](F)[C@@H]1O. The van der Waals surface area contributed by atoms with Gasteiger partial charge in [-0.3, -0.25) is 13.9 Å². The van der Waals surface area contributed by atoms with Crippen molar-refractivity contribution < 1.29 is 37.7 Å². The maximum absolute atomic E-state index is 15.3. The van der Waals surface area contributed by atoms with E-state index in [0.717, 1.165) is 4.83 Å². The largest absolute Gasteiger partial charge is 0.462 e. The van der Waals surface area contributed by atoms with Crippen molar-refractivity contribution in [2.24, 2.45) is 0 Å². The third-order valence-corrected chi connectivity index (χ3v) is 7.21. The molecule has 1 saturated heterocycles. The molecule has 1 aliphatic heterocycles. The number of hydrogen-bond acceptors (Lipinski definition) is 12. The zero-order chi connectivity index (χ0) is 29.1. The molecule has 1 aliphatic rings. The first-order valence-corrected chi connectivity index (χ1v) is 13.8. The summed E-state index contributed by atoms with van der Waals surface area (Å²) in [6.45, 7) is 4.34. The number of ether oxygens (including phenoxy) is 2. The van der Waals surface area contributed by atoms with Gasteiger partial charge in [-0.1, -0.05) is 23.0 Å². The number of rotatable bonds is 11. The Morgan fingerprint density at radius 3 is 2.60 bits per heavy atom. The lowest BCUT2D eigenvalue weighted by molar-refractivity contribution is -0.159. The van der Waals surface area contributed by atoms with Crippen molar-refractivity contribution >= 4 is 37.1 Å². The van der Waals surface area contributed by atoms with Crippen LogP contribution in [0.2, 0.25) is 0 Å². The lowest BCUT2D eigenvalue weighted by atomic mass is 10.1. The molecule has 0 radical (unpaired) electrons. The predicted octanol–water partition coefficient (Wildman–Crippen LogP) is 2.11. The van der Waals surface area contributed by atoms with E-state index in [9.17, 15) is 14.5 Å². The van der Waals surface area contributed by atoms with E-state index in [1.807, 2.05) is 0 Å². The van der Waals surface area contributed by atoms with Crippen LogP contribution in [0.5, 0.6) is 5.75 Å². The van der Waals surface area contributed by atoms with Crippen LogP contribution in [0.15, 0.2) is 36.7 Å². The topological polar surface area (TPSA) is 167 Å². The number of carbonyl (C=O) groups excluding carboxylic acids is 1. The number of hydroxylamine groups is 1. The molecule has 1 aromatic carbocycles. The fraction of sp³-hybridized carbons (Fsp3) is 0.500. The lowest BCUT2D eigenvalue weighted by Gasteiger charge is -2.27. The number of alkyl halides is 1. The van der Waals surface area contributed by atoms with Crippen molar-refractivity contribution in [2.45, 2.75) is 57.5 Å². The number of nitrogen functional groups attached to an aromatic ring is 1. The Hall–Kier alpha value is -3.36. The molecular weight excluding hydrogens is 548 g/mol. The van der Waals surface area contributed by atoms with E-state index in [4.69, 9.17) is 24.6 Å². The maximum atomic E-state index is 15.3. The van der Waals surface area contributed by atoms with Crippen LogP contribution in [0.1, 0.15) is 27.0 Å². The average Bonchev–Trinajstić information content (AvgIpc) is 3.45. The molecule has 2 aromatic heterocycles. The molecule has 14 nitrogen and oxygen atoms in total. The molecule has 6 atom stereocenters. The minimum Gasteiger partial charge on any atom is -0.462 e. The molecule has 0 saturated carbocycles. The second kappa shape index (κ2) is 12.4. The van der Waals surface area contributed by atoms with E-state index in [2.05, 4.69) is 15.0 Å². The highest BCUT2D eigenvalue weighted by Crippen LogP contribution is 2.38. The third kappa shape index (κ3) is 6.34. The zero-order valence-corrected chi connectivity index (χ0v) is 23.7.